The van der Waals surface area contributed by atoms with Crippen LogP contribution in [0.1, 0.15) is 16.8 Å². The molecule has 2 unspecified atom stereocenters. The maximum atomic E-state index is 12.6. The summed E-state index contributed by atoms with van der Waals surface area (Å²) < 4.78 is 0.954. The third kappa shape index (κ3) is 3.46. The van der Waals surface area contributed by atoms with E-state index in [0.717, 1.165) is 15.7 Å². The third-order valence-electron chi connectivity index (χ3n) is 3.33. The number of carbonyl (C=O) groups excluding carboxylic acids is 1. The molecule has 0 saturated carbocycles. The van der Waals surface area contributed by atoms with Crippen molar-refractivity contribution in [3.05, 3.63) is 33.4 Å². The first-order valence-electron chi connectivity index (χ1n) is 6.37. The number of amides is 1. The number of aliphatic hydroxyl groups is 1. The van der Waals surface area contributed by atoms with Gasteiger partial charge in [0.15, 0.2) is 0 Å². The molecular weight excluding hydrogens is 355 g/mol. The summed E-state index contributed by atoms with van der Waals surface area (Å²) in [4.78, 5) is 16.5. The lowest BCUT2D eigenvalue weighted by Crippen LogP contribution is -2.41. The minimum atomic E-state index is -0.407. The van der Waals surface area contributed by atoms with E-state index in [1.165, 1.54) is 0 Å². The smallest absolute Gasteiger partial charge is 0.255 e. The molecule has 1 aromatic carbocycles. The zero-order chi connectivity index (χ0) is 14.0. The van der Waals surface area contributed by atoms with Gasteiger partial charge in [-0.25, -0.2) is 0 Å². The second kappa shape index (κ2) is 6.19. The van der Waals surface area contributed by atoms with Gasteiger partial charge in [-0.05, 0) is 55.2 Å². The number of hydrogen-bond acceptors (Lipinski definition) is 3. The van der Waals surface area contributed by atoms with Crippen LogP contribution >= 0.6 is 22.6 Å². The van der Waals surface area contributed by atoms with Gasteiger partial charge in [0.2, 0.25) is 0 Å². The number of likely N-dealkylation sites (N-methyl/N-ethyl adjacent to an activating group) is 1. The van der Waals surface area contributed by atoms with Crippen molar-refractivity contribution >= 4 is 28.5 Å². The first-order chi connectivity index (χ1) is 8.99. The van der Waals surface area contributed by atoms with E-state index in [-0.39, 0.29) is 11.9 Å². The third-order valence-corrected chi connectivity index (χ3v) is 4.27. The standard InChI is InChI=1S/C14H19IN2O2/c1-16(2)8-10-7-11(18)9-17(10)14(19)12-5-3-4-6-13(12)15/h3-6,10-11,18H,7-9H2,1-2H3. The van der Waals surface area contributed by atoms with Crippen LogP contribution in [0.15, 0.2) is 24.3 Å². The summed E-state index contributed by atoms with van der Waals surface area (Å²) in [5.74, 6) is 0.0217. The van der Waals surface area contributed by atoms with E-state index in [9.17, 15) is 9.90 Å². The van der Waals surface area contributed by atoms with Gasteiger partial charge in [0.25, 0.3) is 5.91 Å². The summed E-state index contributed by atoms with van der Waals surface area (Å²) in [6.45, 7) is 1.22. The summed E-state index contributed by atoms with van der Waals surface area (Å²) in [5, 5.41) is 9.83. The van der Waals surface area contributed by atoms with Crippen LogP contribution in [-0.4, -0.2) is 60.1 Å². The maximum absolute atomic E-state index is 12.6. The van der Waals surface area contributed by atoms with Gasteiger partial charge in [-0.15, -0.1) is 0 Å². The fraction of sp³-hybridized carbons (Fsp3) is 0.500. The van der Waals surface area contributed by atoms with Crippen LogP contribution in [-0.2, 0) is 0 Å². The molecule has 0 aromatic heterocycles. The number of rotatable bonds is 3. The molecule has 1 saturated heterocycles. The van der Waals surface area contributed by atoms with Crippen LogP contribution in [0.5, 0.6) is 0 Å². The second-order valence-corrected chi connectivity index (χ2v) is 6.41. The molecule has 2 atom stereocenters. The van der Waals surface area contributed by atoms with Crippen molar-refractivity contribution in [2.45, 2.75) is 18.6 Å². The minimum Gasteiger partial charge on any atom is -0.391 e. The van der Waals surface area contributed by atoms with Gasteiger partial charge >= 0.3 is 0 Å². The lowest BCUT2D eigenvalue weighted by molar-refractivity contribution is 0.0698. The molecule has 0 aliphatic carbocycles. The number of hydrogen-bond donors (Lipinski definition) is 1. The zero-order valence-corrected chi connectivity index (χ0v) is 13.4. The molecule has 5 heteroatoms. The molecule has 1 amide bonds. The molecule has 1 heterocycles. The zero-order valence-electron chi connectivity index (χ0n) is 11.2. The molecule has 0 radical (unpaired) electrons. The van der Waals surface area contributed by atoms with Crippen molar-refractivity contribution in [1.82, 2.24) is 9.80 Å². The molecule has 1 aliphatic rings. The highest BCUT2D eigenvalue weighted by Gasteiger charge is 2.35. The summed E-state index contributed by atoms with van der Waals surface area (Å²) >= 11 is 2.18. The average molecular weight is 374 g/mol. The Morgan fingerprint density at radius 2 is 2.16 bits per heavy atom. The number of halogens is 1. The van der Waals surface area contributed by atoms with Gasteiger partial charge in [0.05, 0.1) is 11.7 Å². The predicted octanol–water partition coefficient (Wildman–Crippen LogP) is 1.43. The first kappa shape index (κ1) is 14.7. The Bertz CT molecular complexity index is 465. The SMILES string of the molecule is CN(C)CC1CC(O)CN1C(=O)c1ccccc1I. The van der Waals surface area contributed by atoms with Gasteiger partial charge in [-0.1, -0.05) is 12.1 Å². The molecule has 0 bridgehead atoms. The molecule has 1 N–H and O–H groups in total. The molecule has 2 rings (SSSR count). The molecular formula is C14H19IN2O2. The predicted molar refractivity (Wildman–Crippen MR) is 83.2 cm³/mol. The summed E-state index contributed by atoms with van der Waals surface area (Å²) in [6, 6.07) is 7.67. The van der Waals surface area contributed by atoms with Gasteiger partial charge in [-0.2, -0.15) is 0 Å². The van der Waals surface area contributed by atoms with E-state index in [0.29, 0.717) is 13.0 Å². The summed E-state index contributed by atoms with van der Waals surface area (Å²) in [7, 11) is 3.97. The Morgan fingerprint density at radius 1 is 1.47 bits per heavy atom. The van der Waals surface area contributed by atoms with E-state index in [4.69, 9.17) is 0 Å². The van der Waals surface area contributed by atoms with E-state index in [2.05, 4.69) is 27.5 Å². The number of likely N-dealkylation sites (tertiary alicyclic amines) is 1. The summed E-state index contributed by atoms with van der Waals surface area (Å²) in [5.41, 5.74) is 0.723. The quantitative estimate of drug-likeness (QED) is 0.815. The lowest BCUT2D eigenvalue weighted by Gasteiger charge is -2.27. The molecule has 4 nitrogen and oxygen atoms in total. The Kier molecular flexibility index (Phi) is 4.81. The van der Waals surface area contributed by atoms with Gasteiger partial charge in [0, 0.05) is 22.7 Å². The molecule has 1 aromatic rings. The molecule has 1 fully saturated rings. The van der Waals surface area contributed by atoms with Crippen molar-refractivity contribution in [2.24, 2.45) is 0 Å². The number of β-amino-alcohol motifs (C(OH)–C–C–N with tert-alkyl or cyclic N) is 1. The highest BCUT2D eigenvalue weighted by molar-refractivity contribution is 14.1. The van der Waals surface area contributed by atoms with Gasteiger partial charge in [-0.3, -0.25) is 4.79 Å². The van der Waals surface area contributed by atoms with E-state index in [1.807, 2.05) is 43.3 Å². The van der Waals surface area contributed by atoms with Crippen LogP contribution in [0.4, 0.5) is 0 Å². The molecule has 1 aliphatic heterocycles. The van der Waals surface area contributed by atoms with Crippen LogP contribution in [0.3, 0.4) is 0 Å². The number of benzene rings is 1. The van der Waals surface area contributed by atoms with Gasteiger partial charge < -0.3 is 14.9 Å². The minimum absolute atomic E-state index is 0.0217. The van der Waals surface area contributed by atoms with Crippen molar-refractivity contribution in [2.75, 3.05) is 27.2 Å². The molecule has 19 heavy (non-hydrogen) atoms. The highest BCUT2D eigenvalue weighted by Crippen LogP contribution is 2.23. The monoisotopic (exact) mass is 374 g/mol. The number of carbonyl (C=O) groups is 1. The average Bonchev–Trinajstić information content (AvgIpc) is 2.69. The molecule has 0 spiro atoms. The second-order valence-electron chi connectivity index (χ2n) is 5.24. The van der Waals surface area contributed by atoms with Crippen LogP contribution < -0.4 is 0 Å². The van der Waals surface area contributed by atoms with E-state index >= 15 is 0 Å². The highest BCUT2D eigenvalue weighted by atomic mass is 127. The topological polar surface area (TPSA) is 43.8 Å². The number of aliphatic hydroxyl groups excluding tert-OH is 1. The van der Waals surface area contributed by atoms with E-state index < -0.39 is 6.10 Å². The van der Waals surface area contributed by atoms with Crippen molar-refractivity contribution < 1.29 is 9.90 Å². The fourth-order valence-corrected chi connectivity index (χ4v) is 3.14. The lowest BCUT2D eigenvalue weighted by atomic mass is 10.1. The Balaban J connectivity index is 2.19. The largest absolute Gasteiger partial charge is 0.391 e. The van der Waals surface area contributed by atoms with Crippen LogP contribution in [0.25, 0.3) is 0 Å². The van der Waals surface area contributed by atoms with Crippen LogP contribution in [0.2, 0.25) is 0 Å². The van der Waals surface area contributed by atoms with Crippen molar-refractivity contribution in [3.8, 4) is 0 Å². The maximum Gasteiger partial charge on any atom is 0.255 e. The van der Waals surface area contributed by atoms with Crippen LogP contribution in [0, 0.1) is 3.57 Å². The first-order valence-corrected chi connectivity index (χ1v) is 7.45. The van der Waals surface area contributed by atoms with Gasteiger partial charge in [0.1, 0.15) is 0 Å². The van der Waals surface area contributed by atoms with E-state index in [1.54, 1.807) is 0 Å². The Morgan fingerprint density at radius 3 is 2.79 bits per heavy atom. The van der Waals surface area contributed by atoms with Crippen molar-refractivity contribution in [3.63, 3.8) is 0 Å². The number of nitrogens with zero attached hydrogens (tertiary/aromatic N) is 2. The fourth-order valence-electron chi connectivity index (χ4n) is 2.52. The van der Waals surface area contributed by atoms with Crippen molar-refractivity contribution in [1.29, 1.82) is 0 Å². The summed E-state index contributed by atoms with van der Waals surface area (Å²) in [6.07, 6.45) is 0.253. The molecule has 104 valence electrons. The Hall–Kier alpha value is -0.660. The normalized spacial score (nSPS) is 23.1. The Labute approximate surface area is 127 Å².